The van der Waals surface area contributed by atoms with E-state index in [0.717, 1.165) is 0 Å². The lowest BCUT2D eigenvalue weighted by Gasteiger charge is -2.19. The molecule has 1 aromatic rings. The van der Waals surface area contributed by atoms with Crippen molar-refractivity contribution in [2.75, 3.05) is 0 Å². The van der Waals surface area contributed by atoms with Gasteiger partial charge in [0.2, 0.25) is 0 Å². The first-order valence-electron chi connectivity index (χ1n) is 4.95. The molecule has 0 heterocycles. The zero-order chi connectivity index (χ0) is 11.4. The van der Waals surface area contributed by atoms with Gasteiger partial charge in [0.1, 0.15) is 5.38 Å². The van der Waals surface area contributed by atoms with Crippen molar-refractivity contribution in [3.8, 4) is 0 Å². The molecule has 0 radical (unpaired) electrons. The standard InChI is InChI=1S/C12H15ClO2/c1-8(2)11(14)10(13)12(15)9-6-4-3-5-7-9/h3-8,10-11,14H,1-2H3/t10-,11-/m0/s1. The minimum atomic E-state index is -0.868. The molecule has 1 N–H and O–H groups in total. The van der Waals surface area contributed by atoms with E-state index in [1.165, 1.54) is 0 Å². The van der Waals surface area contributed by atoms with Gasteiger partial charge < -0.3 is 5.11 Å². The van der Waals surface area contributed by atoms with Gasteiger partial charge in [0.25, 0.3) is 0 Å². The van der Waals surface area contributed by atoms with Gasteiger partial charge in [-0.3, -0.25) is 4.79 Å². The number of hydrogen-bond donors (Lipinski definition) is 1. The van der Waals surface area contributed by atoms with E-state index in [9.17, 15) is 9.90 Å². The van der Waals surface area contributed by atoms with E-state index in [4.69, 9.17) is 11.6 Å². The summed E-state index contributed by atoms with van der Waals surface area (Å²) in [6.45, 7) is 3.66. The summed E-state index contributed by atoms with van der Waals surface area (Å²) in [7, 11) is 0. The SMILES string of the molecule is CC(C)[C@H](O)[C@H](Cl)C(=O)c1ccccc1. The lowest BCUT2D eigenvalue weighted by molar-refractivity contribution is 0.0807. The van der Waals surface area contributed by atoms with Gasteiger partial charge in [0.15, 0.2) is 5.78 Å². The van der Waals surface area contributed by atoms with Crippen molar-refractivity contribution in [2.24, 2.45) is 5.92 Å². The quantitative estimate of drug-likeness (QED) is 0.633. The van der Waals surface area contributed by atoms with Gasteiger partial charge in [-0.15, -0.1) is 11.6 Å². The van der Waals surface area contributed by atoms with Crippen LogP contribution in [-0.2, 0) is 0 Å². The molecule has 0 aromatic heterocycles. The van der Waals surface area contributed by atoms with Gasteiger partial charge in [0.05, 0.1) is 6.10 Å². The van der Waals surface area contributed by atoms with Gasteiger partial charge in [-0.1, -0.05) is 44.2 Å². The molecular formula is C12H15ClO2. The molecule has 0 bridgehead atoms. The number of aliphatic hydroxyl groups excluding tert-OH is 1. The maximum absolute atomic E-state index is 11.8. The Morgan fingerprint density at radius 3 is 2.27 bits per heavy atom. The van der Waals surface area contributed by atoms with Crippen LogP contribution in [-0.4, -0.2) is 22.4 Å². The van der Waals surface area contributed by atoms with Crippen molar-refractivity contribution in [2.45, 2.75) is 25.3 Å². The van der Waals surface area contributed by atoms with Crippen LogP contribution in [0.1, 0.15) is 24.2 Å². The molecule has 1 rings (SSSR count). The van der Waals surface area contributed by atoms with E-state index in [0.29, 0.717) is 5.56 Å². The normalized spacial score (nSPS) is 15.0. The zero-order valence-corrected chi connectivity index (χ0v) is 9.61. The lowest BCUT2D eigenvalue weighted by Crippen LogP contribution is -2.33. The van der Waals surface area contributed by atoms with Crippen molar-refractivity contribution >= 4 is 17.4 Å². The van der Waals surface area contributed by atoms with E-state index in [2.05, 4.69) is 0 Å². The summed E-state index contributed by atoms with van der Waals surface area (Å²) in [5, 5.41) is 8.81. The number of benzene rings is 1. The first-order valence-corrected chi connectivity index (χ1v) is 5.39. The Kier molecular flexibility index (Phi) is 4.30. The summed E-state index contributed by atoms with van der Waals surface area (Å²) in [6.07, 6.45) is -0.806. The van der Waals surface area contributed by atoms with Gasteiger partial charge in [-0.05, 0) is 5.92 Å². The third kappa shape index (κ3) is 3.05. The van der Waals surface area contributed by atoms with E-state index in [-0.39, 0.29) is 11.7 Å². The minimum Gasteiger partial charge on any atom is -0.391 e. The molecule has 0 fully saturated rings. The maximum Gasteiger partial charge on any atom is 0.183 e. The molecular weight excluding hydrogens is 212 g/mol. The number of carbonyl (C=O) groups excluding carboxylic acids is 1. The van der Waals surface area contributed by atoms with Gasteiger partial charge in [0, 0.05) is 5.56 Å². The van der Waals surface area contributed by atoms with Crippen molar-refractivity contribution in [1.82, 2.24) is 0 Å². The molecule has 0 saturated carbocycles. The second-order valence-electron chi connectivity index (χ2n) is 3.87. The van der Waals surface area contributed by atoms with Crippen LogP contribution in [0.5, 0.6) is 0 Å². The monoisotopic (exact) mass is 226 g/mol. The molecule has 82 valence electrons. The van der Waals surface area contributed by atoms with E-state index >= 15 is 0 Å². The summed E-state index contributed by atoms with van der Waals surface area (Å²) in [6, 6.07) is 8.78. The number of alkyl halides is 1. The Labute approximate surface area is 94.9 Å². The molecule has 2 atom stereocenters. The number of aliphatic hydroxyl groups is 1. The van der Waals surface area contributed by atoms with Crippen molar-refractivity contribution in [3.05, 3.63) is 35.9 Å². The molecule has 0 aliphatic carbocycles. The fraction of sp³-hybridized carbons (Fsp3) is 0.417. The van der Waals surface area contributed by atoms with Crippen LogP contribution in [0.3, 0.4) is 0 Å². The second-order valence-corrected chi connectivity index (χ2v) is 4.34. The highest BCUT2D eigenvalue weighted by Crippen LogP contribution is 2.17. The predicted octanol–water partition coefficient (Wildman–Crippen LogP) is 2.49. The molecule has 0 unspecified atom stereocenters. The topological polar surface area (TPSA) is 37.3 Å². The third-order valence-electron chi connectivity index (χ3n) is 2.29. The Morgan fingerprint density at radius 1 is 1.27 bits per heavy atom. The molecule has 2 nitrogen and oxygen atoms in total. The first-order chi connectivity index (χ1) is 7.04. The van der Waals surface area contributed by atoms with Crippen LogP contribution in [0.4, 0.5) is 0 Å². The van der Waals surface area contributed by atoms with Crippen LogP contribution in [0.25, 0.3) is 0 Å². The molecule has 0 aliphatic rings. The van der Waals surface area contributed by atoms with Crippen molar-refractivity contribution in [1.29, 1.82) is 0 Å². The van der Waals surface area contributed by atoms with Gasteiger partial charge in [-0.2, -0.15) is 0 Å². The Balaban J connectivity index is 2.78. The smallest absolute Gasteiger partial charge is 0.183 e. The first kappa shape index (κ1) is 12.2. The molecule has 1 aromatic carbocycles. The number of halogens is 1. The zero-order valence-electron chi connectivity index (χ0n) is 8.85. The summed E-state index contributed by atoms with van der Waals surface area (Å²) in [5.74, 6) is -0.251. The van der Waals surface area contributed by atoms with E-state index in [1.807, 2.05) is 19.9 Å². The average molecular weight is 227 g/mol. The molecule has 0 aliphatic heterocycles. The lowest BCUT2D eigenvalue weighted by atomic mass is 9.98. The highest BCUT2D eigenvalue weighted by Gasteiger charge is 2.27. The fourth-order valence-corrected chi connectivity index (χ4v) is 1.67. The Bertz CT molecular complexity index is 322. The van der Waals surface area contributed by atoms with Crippen LogP contribution in [0.2, 0.25) is 0 Å². The minimum absolute atomic E-state index is 0.0276. The number of rotatable bonds is 4. The molecule has 15 heavy (non-hydrogen) atoms. The van der Waals surface area contributed by atoms with Gasteiger partial charge in [-0.25, -0.2) is 0 Å². The van der Waals surface area contributed by atoms with Crippen LogP contribution in [0.15, 0.2) is 30.3 Å². The highest BCUT2D eigenvalue weighted by molar-refractivity contribution is 6.34. The summed E-state index contributed by atoms with van der Waals surface area (Å²) in [5.41, 5.74) is 0.539. The van der Waals surface area contributed by atoms with Crippen molar-refractivity contribution < 1.29 is 9.90 Å². The molecule has 3 heteroatoms. The number of Topliss-reactive ketones (excluding diaryl/α,β-unsaturated/α-hetero) is 1. The van der Waals surface area contributed by atoms with E-state index in [1.54, 1.807) is 24.3 Å². The Morgan fingerprint density at radius 2 is 1.80 bits per heavy atom. The van der Waals surface area contributed by atoms with Crippen LogP contribution >= 0.6 is 11.6 Å². The molecule has 0 amide bonds. The molecule has 0 spiro atoms. The maximum atomic E-state index is 11.8. The number of carbonyl (C=O) groups is 1. The van der Waals surface area contributed by atoms with Gasteiger partial charge >= 0.3 is 0 Å². The van der Waals surface area contributed by atoms with E-state index < -0.39 is 11.5 Å². The average Bonchev–Trinajstić information content (AvgIpc) is 2.27. The summed E-state index contributed by atoms with van der Waals surface area (Å²) in [4.78, 5) is 11.8. The number of hydrogen-bond acceptors (Lipinski definition) is 2. The predicted molar refractivity (Wildman–Crippen MR) is 61.3 cm³/mol. The third-order valence-corrected chi connectivity index (χ3v) is 2.75. The summed E-state index contributed by atoms with van der Waals surface area (Å²) < 4.78 is 0. The van der Waals surface area contributed by atoms with Crippen LogP contribution < -0.4 is 0 Å². The Hall–Kier alpha value is -0.860. The largest absolute Gasteiger partial charge is 0.391 e. The number of ketones is 1. The summed E-state index contributed by atoms with van der Waals surface area (Å²) >= 11 is 5.91. The highest BCUT2D eigenvalue weighted by atomic mass is 35.5. The fourth-order valence-electron chi connectivity index (χ4n) is 1.25. The van der Waals surface area contributed by atoms with Crippen LogP contribution in [0, 0.1) is 5.92 Å². The molecule has 0 saturated heterocycles. The van der Waals surface area contributed by atoms with Crippen molar-refractivity contribution in [3.63, 3.8) is 0 Å². The second kappa shape index (κ2) is 5.29.